The standard InChI is InChI=1S/C13H26N2O2/c1-10(2)15-7-5-6-12(9-15)8-14-13(16)11(3)17-4/h10-12H,5-9H2,1-4H3,(H,14,16)/t11-,12-/m1/s1. The molecule has 0 bridgehead atoms. The molecule has 2 atom stereocenters. The van der Waals surface area contributed by atoms with Crippen molar-refractivity contribution in [3.8, 4) is 0 Å². The van der Waals surface area contributed by atoms with Crippen molar-refractivity contribution in [3.63, 3.8) is 0 Å². The molecule has 1 aliphatic rings. The monoisotopic (exact) mass is 242 g/mol. The SMILES string of the molecule is CO[C@H](C)C(=O)NC[C@H]1CCCN(C(C)C)C1. The second-order valence-electron chi connectivity index (χ2n) is 5.22. The quantitative estimate of drug-likeness (QED) is 0.789. The van der Waals surface area contributed by atoms with E-state index in [1.165, 1.54) is 19.4 Å². The minimum absolute atomic E-state index is 0.00540. The van der Waals surface area contributed by atoms with Crippen LogP contribution in [0.3, 0.4) is 0 Å². The molecule has 0 aliphatic carbocycles. The molecule has 1 N–H and O–H groups in total. The molecule has 0 unspecified atom stereocenters. The molecule has 0 aromatic carbocycles. The van der Waals surface area contributed by atoms with Crippen LogP contribution in [0.25, 0.3) is 0 Å². The van der Waals surface area contributed by atoms with Gasteiger partial charge in [-0.25, -0.2) is 0 Å². The van der Waals surface area contributed by atoms with Crippen LogP contribution >= 0.6 is 0 Å². The second kappa shape index (κ2) is 6.97. The summed E-state index contributed by atoms with van der Waals surface area (Å²) in [6.45, 7) is 9.30. The summed E-state index contributed by atoms with van der Waals surface area (Å²) in [6, 6.07) is 0.603. The van der Waals surface area contributed by atoms with Gasteiger partial charge in [-0.05, 0) is 46.1 Å². The molecule has 0 radical (unpaired) electrons. The zero-order chi connectivity index (χ0) is 12.8. The van der Waals surface area contributed by atoms with E-state index in [0.717, 1.165) is 13.1 Å². The molecule has 1 fully saturated rings. The van der Waals surface area contributed by atoms with Gasteiger partial charge in [-0.1, -0.05) is 0 Å². The van der Waals surface area contributed by atoms with Crippen molar-refractivity contribution in [2.45, 2.75) is 45.8 Å². The Morgan fingerprint density at radius 1 is 1.47 bits per heavy atom. The fraction of sp³-hybridized carbons (Fsp3) is 0.923. The minimum atomic E-state index is -0.347. The smallest absolute Gasteiger partial charge is 0.248 e. The first kappa shape index (κ1) is 14.5. The number of likely N-dealkylation sites (tertiary alicyclic amines) is 1. The highest BCUT2D eigenvalue weighted by Gasteiger charge is 2.22. The van der Waals surface area contributed by atoms with E-state index in [-0.39, 0.29) is 12.0 Å². The molecule has 1 heterocycles. The van der Waals surface area contributed by atoms with E-state index in [2.05, 4.69) is 24.1 Å². The first-order valence-corrected chi connectivity index (χ1v) is 6.59. The summed E-state index contributed by atoms with van der Waals surface area (Å²) in [5, 5.41) is 2.97. The van der Waals surface area contributed by atoms with Gasteiger partial charge in [0.05, 0.1) is 0 Å². The lowest BCUT2D eigenvalue weighted by Gasteiger charge is -2.35. The molecular formula is C13H26N2O2. The Labute approximate surface area is 105 Å². The Kier molecular flexibility index (Phi) is 5.92. The number of nitrogens with one attached hydrogen (secondary N) is 1. The predicted molar refractivity (Wildman–Crippen MR) is 68.9 cm³/mol. The first-order chi connectivity index (χ1) is 8.04. The molecular weight excluding hydrogens is 216 g/mol. The van der Waals surface area contributed by atoms with Gasteiger partial charge in [0.15, 0.2) is 0 Å². The molecule has 4 heteroatoms. The highest BCUT2D eigenvalue weighted by molar-refractivity contribution is 5.80. The maximum absolute atomic E-state index is 11.6. The van der Waals surface area contributed by atoms with Gasteiger partial charge in [-0.15, -0.1) is 0 Å². The molecule has 1 rings (SSSR count). The maximum atomic E-state index is 11.6. The van der Waals surface area contributed by atoms with Gasteiger partial charge in [0.25, 0.3) is 0 Å². The zero-order valence-electron chi connectivity index (χ0n) is 11.5. The number of ether oxygens (including phenoxy) is 1. The Morgan fingerprint density at radius 3 is 2.76 bits per heavy atom. The second-order valence-corrected chi connectivity index (χ2v) is 5.22. The molecule has 100 valence electrons. The lowest BCUT2D eigenvalue weighted by molar-refractivity contribution is -0.130. The predicted octanol–water partition coefficient (Wildman–Crippen LogP) is 1.26. The highest BCUT2D eigenvalue weighted by Crippen LogP contribution is 2.17. The van der Waals surface area contributed by atoms with E-state index >= 15 is 0 Å². The number of rotatable bonds is 5. The van der Waals surface area contributed by atoms with E-state index in [1.807, 2.05) is 0 Å². The first-order valence-electron chi connectivity index (χ1n) is 6.59. The molecule has 17 heavy (non-hydrogen) atoms. The minimum Gasteiger partial charge on any atom is -0.372 e. The molecule has 1 aliphatic heterocycles. The lowest BCUT2D eigenvalue weighted by atomic mass is 9.97. The van der Waals surface area contributed by atoms with E-state index in [4.69, 9.17) is 4.74 Å². The molecule has 4 nitrogen and oxygen atoms in total. The van der Waals surface area contributed by atoms with Crippen LogP contribution in [0.5, 0.6) is 0 Å². The van der Waals surface area contributed by atoms with E-state index in [1.54, 1.807) is 14.0 Å². The van der Waals surface area contributed by atoms with Crippen molar-refractivity contribution in [3.05, 3.63) is 0 Å². The Hall–Kier alpha value is -0.610. The Balaban J connectivity index is 2.29. The molecule has 0 spiro atoms. The highest BCUT2D eigenvalue weighted by atomic mass is 16.5. The van der Waals surface area contributed by atoms with Crippen LogP contribution in [-0.4, -0.2) is 49.7 Å². The van der Waals surface area contributed by atoms with E-state index in [9.17, 15) is 4.79 Å². The summed E-state index contributed by atoms with van der Waals surface area (Å²) in [7, 11) is 1.56. The molecule has 0 aromatic heterocycles. The van der Waals surface area contributed by atoms with Crippen molar-refractivity contribution >= 4 is 5.91 Å². The number of hydrogen-bond donors (Lipinski definition) is 1. The number of amides is 1. The summed E-state index contributed by atoms with van der Waals surface area (Å²) in [5.41, 5.74) is 0. The van der Waals surface area contributed by atoms with Gasteiger partial charge in [0.1, 0.15) is 6.10 Å². The fourth-order valence-corrected chi connectivity index (χ4v) is 2.23. The third-order valence-electron chi connectivity index (χ3n) is 3.57. The number of carbonyl (C=O) groups excluding carboxylic acids is 1. The molecule has 1 amide bonds. The van der Waals surface area contributed by atoms with Crippen molar-refractivity contribution in [2.75, 3.05) is 26.7 Å². The van der Waals surface area contributed by atoms with Crippen molar-refractivity contribution in [2.24, 2.45) is 5.92 Å². The number of nitrogens with zero attached hydrogens (tertiary/aromatic N) is 1. The largest absolute Gasteiger partial charge is 0.372 e. The van der Waals surface area contributed by atoms with Gasteiger partial charge in [-0.3, -0.25) is 4.79 Å². The van der Waals surface area contributed by atoms with Gasteiger partial charge < -0.3 is 15.0 Å². The summed E-state index contributed by atoms with van der Waals surface area (Å²) in [6.07, 6.45) is 2.10. The molecule has 0 saturated carbocycles. The zero-order valence-corrected chi connectivity index (χ0v) is 11.5. The van der Waals surface area contributed by atoms with Crippen molar-refractivity contribution in [1.29, 1.82) is 0 Å². The number of methoxy groups -OCH3 is 1. The Morgan fingerprint density at radius 2 is 2.18 bits per heavy atom. The number of piperidine rings is 1. The molecule has 0 aromatic rings. The normalized spacial score (nSPS) is 23.7. The number of carbonyl (C=O) groups is 1. The van der Waals surface area contributed by atoms with E-state index < -0.39 is 0 Å². The van der Waals surface area contributed by atoms with Crippen LogP contribution in [0, 0.1) is 5.92 Å². The van der Waals surface area contributed by atoms with Crippen LogP contribution in [0.15, 0.2) is 0 Å². The Bertz CT molecular complexity index is 244. The van der Waals surface area contributed by atoms with Crippen LogP contribution < -0.4 is 5.32 Å². The fourth-order valence-electron chi connectivity index (χ4n) is 2.23. The average molecular weight is 242 g/mol. The van der Waals surface area contributed by atoms with Crippen molar-refractivity contribution in [1.82, 2.24) is 10.2 Å². The van der Waals surface area contributed by atoms with Gasteiger partial charge in [-0.2, -0.15) is 0 Å². The van der Waals surface area contributed by atoms with Crippen LogP contribution in [0.1, 0.15) is 33.6 Å². The molecule has 1 saturated heterocycles. The van der Waals surface area contributed by atoms with Gasteiger partial charge in [0, 0.05) is 26.2 Å². The number of hydrogen-bond acceptors (Lipinski definition) is 3. The third-order valence-corrected chi connectivity index (χ3v) is 3.57. The average Bonchev–Trinajstić information content (AvgIpc) is 2.35. The van der Waals surface area contributed by atoms with Crippen LogP contribution in [0.4, 0.5) is 0 Å². The third kappa shape index (κ3) is 4.64. The summed E-state index contributed by atoms with van der Waals surface area (Å²) < 4.78 is 4.99. The van der Waals surface area contributed by atoms with Gasteiger partial charge in [0.2, 0.25) is 5.91 Å². The summed E-state index contributed by atoms with van der Waals surface area (Å²) in [4.78, 5) is 14.1. The van der Waals surface area contributed by atoms with E-state index in [0.29, 0.717) is 12.0 Å². The summed E-state index contributed by atoms with van der Waals surface area (Å²) >= 11 is 0. The summed E-state index contributed by atoms with van der Waals surface area (Å²) in [5.74, 6) is 0.577. The lowest BCUT2D eigenvalue weighted by Crippen LogP contribution is -2.45. The van der Waals surface area contributed by atoms with Crippen LogP contribution in [-0.2, 0) is 9.53 Å². The van der Waals surface area contributed by atoms with Crippen molar-refractivity contribution < 1.29 is 9.53 Å². The van der Waals surface area contributed by atoms with Gasteiger partial charge >= 0.3 is 0 Å². The van der Waals surface area contributed by atoms with Crippen LogP contribution in [0.2, 0.25) is 0 Å². The topological polar surface area (TPSA) is 41.6 Å². The maximum Gasteiger partial charge on any atom is 0.248 e.